The summed E-state index contributed by atoms with van der Waals surface area (Å²) in [6.45, 7) is 3.72. The molecule has 0 aliphatic carbocycles. The highest BCUT2D eigenvalue weighted by Gasteiger charge is 2.14. The molecule has 0 saturated heterocycles. The minimum atomic E-state index is -0.488. The topological polar surface area (TPSA) is 120 Å². The summed E-state index contributed by atoms with van der Waals surface area (Å²) in [5.41, 5.74) is 1.90. The highest BCUT2D eigenvalue weighted by molar-refractivity contribution is 7.99. The summed E-state index contributed by atoms with van der Waals surface area (Å²) in [5.74, 6) is 0.665. The number of hydrogen-bond donors (Lipinski definition) is 1. The maximum absolute atomic E-state index is 12.1. The van der Waals surface area contributed by atoms with E-state index in [1.807, 2.05) is 31.2 Å². The van der Waals surface area contributed by atoms with Gasteiger partial charge >= 0.3 is 0 Å². The van der Waals surface area contributed by atoms with E-state index in [1.54, 1.807) is 19.1 Å². The lowest BCUT2D eigenvalue weighted by atomic mass is 10.2. The van der Waals surface area contributed by atoms with Crippen molar-refractivity contribution in [3.8, 4) is 5.75 Å². The third kappa shape index (κ3) is 5.79. The molecule has 1 heterocycles. The van der Waals surface area contributed by atoms with Crippen LogP contribution in [-0.4, -0.2) is 26.8 Å². The molecule has 0 bridgehead atoms. The van der Waals surface area contributed by atoms with Crippen LogP contribution < -0.4 is 10.1 Å². The molecule has 0 spiro atoms. The Morgan fingerprint density at radius 3 is 2.83 bits per heavy atom. The van der Waals surface area contributed by atoms with Gasteiger partial charge in [-0.2, -0.15) is 0 Å². The monoisotopic (exact) mass is 414 g/mol. The van der Waals surface area contributed by atoms with Crippen molar-refractivity contribution in [2.24, 2.45) is 0 Å². The van der Waals surface area contributed by atoms with Crippen LogP contribution in [0.5, 0.6) is 5.75 Å². The number of amides is 1. The number of nitro groups is 1. The number of nitrogens with one attached hydrogen (secondary N) is 1. The van der Waals surface area contributed by atoms with Crippen LogP contribution in [0.25, 0.3) is 0 Å². The zero-order valence-electron chi connectivity index (χ0n) is 15.7. The third-order valence-electron chi connectivity index (χ3n) is 3.82. The first-order valence-corrected chi connectivity index (χ1v) is 9.59. The first-order chi connectivity index (χ1) is 13.9. The number of ether oxygens (including phenoxy) is 1. The van der Waals surface area contributed by atoms with E-state index in [0.29, 0.717) is 22.9 Å². The third-order valence-corrected chi connectivity index (χ3v) is 4.63. The largest absolute Gasteiger partial charge is 0.484 e. The van der Waals surface area contributed by atoms with E-state index in [-0.39, 0.29) is 29.2 Å². The van der Waals surface area contributed by atoms with Gasteiger partial charge in [0.25, 0.3) is 16.8 Å². The Morgan fingerprint density at radius 1 is 1.24 bits per heavy atom. The standard InChI is InChI=1S/C19H18N4O5S/c1-12-4-3-5-15(8-12)27-10-18-21-22-19(28-18)29-11-17(24)20-14-7-6-13(2)16(9-14)23(25)26/h3-9H,10-11H2,1-2H3,(H,20,24). The summed E-state index contributed by atoms with van der Waals surface area (Å²) in [4.78, 5) is 22.6. The van der Waals surface area contributed by atoms with Gasteiger partial charge in [-0.3, -0.25) is 14.9 Å². The summed E-state index contributed by atoms with van der Waals surface area (Å²) in [7, 11) is 0. The quantitative estimate of drug-likeness (QED) is 0.335. The summed E-state index contributed by atoms with van der Waals surface area (Å²) >= 11 is 1.06. The van der Waals surface area contributed by atoms with Gasteiger partial charge in [0.1, 0.15) is 5.75 Å². The molecule has 0 aliphatic rings. The first kappa shape index (κ1) is 20.3. The number of hydrogen-bond acceptors (Lipinski definition) is 8. The molecule has 0 aliphatic heterocycles. The number of nitro benzene ring substituents is 1. The van der Waals surface area contributed by atoms with E-state index >= 15 is 0 Å². The summed E-state index contributed by atoms with van der Waals surface area (Å²) in [5, 5.41) is 21.6. The molecular formula is C19H18N4O5S. The van der Waals surface area contributed by atoms with Crippen LogP contribution in [0.2, 0.25) is 0 Å². The maximum Gasteiger partial charge on any atom is 0.277 e. The molecule has 0 radical (unpaired) electrons. The van der Waals surface area contributed by atoms with Crippen LogP contribution in [0.1, 0.15) is 17.0 Å². The Labute approximate surface area is 170 Å². The number of aromatic nitrogens is 2. The second-order valence-corrected chi connectivity index (χ2v) is 7.09. The van der Waals surface area contributed by atoms with Crippen LogP contribution in [0.15, 0.2) is 52.1 Å². The Morgan fingerprint density at radius 2 is 2.07 bits per heavy atom. The Hall–Kier alpha value is -3.40. The summed E-state index contributed by atoms with van der Waals surface area (Å²) in [6, 6.07) is 12.1. The molecule has 0 saturated carbocycles. The highest BCUT2D eigenvalue weighted by atomic mass is 32.2. The lowest BCUT2D eigenvalue weighted by Crippen LogP contribution is -2.14. The zero-order chi connectivity index (χ0) is 20.8. The van der Waals surface area contributed by atoms with Crippen LogP contribution in [-0.2, 0) is 11.4 Å². The first-order valence-electron chi connectivity index (χ1n) is 8.60. The SMILES string of the molecule is Cc1cccc(OCc2nnc(SCC(=O)Nc3ccc(C)c([N+](=O)[O-])c3)o2)c1. The molecule has 150 valence electrons. The van der Waals surface area contributed by atoms with Crippen molar-refractivity contribution < 1.29 is 18.9 Å². The second-order valence-electron chi connectivity index (χ2n) is 6.16. The fourth-order valence-electron chi connectivity index (χ4n) is 2.41. The van der Waals surface area contributed by atoms with Gasteiger partial charge in [-0.25, -0.2) is 0 Å². The van der Waals surface area contributed by atoms with Crippen molar-refractivity contribution in [2.75, 3.05) is 11.1 Å². The number of rotatable bonds is 8. The molecule has 3 aromatic rings. The van der Waals surface area contributed by atoms with Gasteiger partial charge in [-0.15, -0.1) is 10.2 Å². The van der Waals surface area contributed by atoms with Gasteiger partial charge in [0, 0.05) is 17.3 Å². The van der Waals surface area contributed by atoms with E-state index < -0.39 is 4.92 Å². The van der Waals surface area contributed by atoms with E-state index in [2.05, 4.69) is 15.5 Å². The van der Waals surface area contributed by atoms with Crippen molar-refractivity contribution in [2.45, 2.75) is 25.7 Å². The highest BCUT2D eigenvalue weighted by Crippen LogP contribution is 2.23. The Bertz CT molecular complexity index is 1040. The van der Waals surface area contributed by atoms with Gasteiger partial charge in [-0.05, 0) is 37.6 Å². The van der Waals surface area contributed by atoms with E-state index in [1.165, 1.54) is 6.07 Å². The minimum absolute atomic E-state index is 0.0159. The van der Waals surface area contributed by atoms with Crippen molar-refractivity contribution in [1.82, 2.24) is 10.2 Å². The molecule has 1 aromatic heterocycles. The molecule has 9 nitrogen and oxygen atoms in total. The zero-order valence-corrected chi connectivity index (χ0v) is 16.6. The number of anilines is 1. The molecule has 1 amide bonds. The molecule has 2 aromatic carbocycles. The molecule has 3 rings (SSSR count). The van der Waals surface area contributed by atoms with E-state index in [0.717, 1.165) is 17.3 Å². The molecule has 1 N–H and O–H groups in total. The molecule has 10 heteroatoms. The minimum Gasteiger partial charge on any atom is -0.484 e. The fourth-order valence-corrected chi connectivity index (χ4v) is 2.99. The van der Waals surface area contributed by atoms with Crippen LogP contribution in [0.4, 0.5) is 11.4 Å². The summed E-state index contributed by atoms with van der Waals surface area (Å²) < 4.78 is 11.0. The van der Waals surface area contributed by atoms with Crippen molar-refractivity contribution in [3.05, 3.63) is 69.6 Å². The molecule has 0 unspecified atom stereocenters. The summed E-state index contributed by atoms with van der Waals surface area (Å²) in [6.07, 6.45) is 0. The maximum atomic E-state index is 12.1. The molecular weight excluding hydrogens is 396 g/mol. The molecule has 29 heavy (non-hydrogen) atoms. The van der Waals surface area contributed by atoms with E-state index in [4.69, 9.17) is 9.15 Å². The normalized spacial score (nSPS) is 10.6. The molecule has 0 fully saturated rings. The average molecular weight is 414 g/mol. The predicted molar refractivity (Wildman–Crippen MR) is 107 cm³/mol. The number of nitrogens with zero attached hydrogens (tertiary/aromatic N) is 3. The Kier molecular flexibility index (Phi) is 6.45. The van der Waals surface area contributed by atoms with Gasteiger partial charge < -0.3 is 14.5 Å². The van der Waals surface area contributed by atoms with Crippen molar-refractivity contribution in [3.63, 3.8) is 0 Å². The number of carbonyl (C=O) groups excluding carboxylic acids is 1. The van der Waals surface area contributed by atoms with Gasteiger partial charge in [0.05, 0.1) is 10.7 Å². The fraction of sp³-hybridized carbons (Fsp3) is 0.211. The number of aryl methyl sites for hydroxylation is 2. The van der Waals surface area contributed by atoms with Crippen molar-refractivity contribution >= 4 is 29.0 Å². The van der Waals surface area contributed by atoms with Gasteiger partial charge in [0.15, 0.2) is 6.61 Å². The van der Waals surface area contributed by atoms with Crippen molar-refractivity contribution in [1.29, 1.82) is 0 Å². The smallest absolute Gasteiger partial charge is 0.277 e. The second kappa shape index (κ2) is 9.20. The van der Waals surface area contributed by atoms with Crippen LogP contribution in [0.3, 0.4) is 0 Å². The number of thioether (sulfide) groups is 1. The van der Waals surface area contributed by atoms with Gasteiger partial charge in [0.2, 0.25) is 5.91 Å². The lowest BCUT2D eigenvalue weighted by Gasteiger charge is -2.05. The average Bonchev–Trinajstić information content (AvgIpc) is 3.14. The van der Waals surface area contributed by atoms with Crippen LogP contribution in [0, 0.1) is 24.0 Å². The number of benzene rings is 2. The van der Waals surface area contributed by atoms with Gasteiger partial charge in [-0.1, -0.05) is 30.0 Å². The Balaban J connectivity index is 1.49. The number of carbonyl (C=O) groups is 1. The lowest BCUT2D eigenvalue weighted by molar-refractivity contribution is -0.385. The van der Waals surface area contributed by atoms with Crippen LogP contribution >= 0.6 is 11.8 Å². The molecule has 0 atom stereocenters. The van der Waals surface area contributed by atoms with E-state index in [9.17, 15) is 14.9 Å². The predicted octanol–water partition coefficient (Wildman–Crippen LogP) is 3.90.